The molecule has 0 aliphatic carbocycles. The summed E-state index contributed by atoms with van der Waals surface area (Å²) < 4.78 is 25.0. The molecule has 1 aromatic rings. The molecule has 1 heterocycles. The van der Waals surface area contributed by atoms with Crippen LogP contribution in [0, 0.1) is 17.2 Å². The van der Waals surface area contributed by atoms with Gasteiger partial charge in [0.05, 0.1) is 17.4 Å². The van der Waals surface area contributed by atoms with Crippen molar-refractivity contribution >= 4 is 21.6 Å². The third-order valence-electron chi connectivity index (χ3n) is 3.84. The Kier molecular flexibility index (Phi) is 5.16. The molecule has 2 rings (SSSR count). The molecular weight excluding hydrogens is 302 g/mol. The number of hydrogen-bond acceptors (Lipinski definition) is 4. The van der Waals surface area contributed by atoms with Gasteiger partial charge in [0.15, 0.2) is 0 Å². The number of nitrogens with zero attached hydrogens (tertiary/aromatic N) is 2. The van der Waals surface area contributed by atoms with Crippen LogP contribution in [0.15, 0.2) is 24.3 Å². The van der Waals surface area contributed by atoms with Crippen LogP contribution in [-0.2, 0) is 14.8 Å². The number of hydrogen-bond donors (Lipinski definition) is 1. The summed E-state index contributed by atoms with van der Waals surface area (Å²) in [5.74, 6) is -0.233. The Balaban J connectivity index is 1.94. The highest BCUT2D eigenvalue weighted by Gasteiger charge is 2.30. The molecule has 7 heteroatoms. The van der Waals surface area contributed by atoms with E-state index in [1.165, 1.54) is 4.31 Å². The maximum absolute atomic E-state index is 12.2. The predicted molar refractivity (Wildman–Crippen MR) is 83.5 cm³/mol. The van der Waals surface area contributed by atoms with Crippen molar-refractivity contribution in [1.82, 2.24) is 4.31 Å². The van der Waals surface area contributed by atoms with Crippen LogP contribution in [-0.4, -0.2) is 37.5 Å². The third-order valence-corrected chi connectivity index (χ3v) is 5.72. The second-order valence-corrected chi connectivity index (χ2v) is 7.51. The summed E-state index contributed by atoms with van der Waals surface area (Å²) in [5.41, 5.74) is 1.08. The van der Waals surface area contributed by atoms with Crippen LogP contribution in [0.5, 0.6) is 0 Å². The minimum absolute atomic E-state index is 0.0881. The number of benzene rings is 1. The Morgan fingerprint density at radius 2 is 2.09 bits per heavy atom. The predicted octanol–water partition coefficient (Wildman–Crippen LogP) is 1.56. The van der Waals surface area contributed by atoms with Gasteiger partial charge in [-0.1, -0.05) is 6.07 Å². The van der Waals surface area contributed by atoms with Crippen molar-refractivity contribution in [3.05, 3.63) is 29.8 Å². The molecule has 1 saturated heterocycles. The summed E-state index contributed by atoms with van der Waals surface area (Å²) in [7, 11) is -3.17. The zero-order valence-corrected chi connectivity index (χ0v) is 13.3. The molecular formula is C15H19N3O3S. The van der Waals surface area contributed by atoms with Crippen LogP contribution >= 0.6 is 0 Å². The molecule has 1 N–H and O–H groups in total. The molecule has 118 valence electrons. The van der Waals surface area contributed by atoms with Gasteiger partial charge in [-0.3, -0.25) is 4.79 Å². The number of nitriles is 1. The molecule has 1 aromatic carbocycles. The summed E-state index contributed by atoms with van der Waals surface area (Å²) in [6.07, 6.45) is 1.03. The van der Waals surface area contributed by atoms with Crippen LogP contribution in [0.3, 0.4) is 0 Å². The molecule has 0 saturated carbocycles. The highest BCUT2D eigenvalue weighted by Crippen LogP contribution is 2.22. The first-order chi connectivity index (χ1) is 10.5. The van der Waals surface area contributed by atoms with Gasteiger partial charge in [-0.15, -0.1) is 0 Å². The first-order valence-corrected chi connectivity index (χ1v) is 8.86. The van der Waals surface area contributed by atoms with Gasteiger partial charge in [-0.25, -0.2) is 12.7 Å². The Morgan fingerprint density at radius 1 is 1.41 bits per heavy atom. The molecule has 0 bridgehead atoms. The van der Waals surface area contributed by atoms with Gasteiger partial charge in [0, 0.05) is 24.7 Å². The molecule has 0 unspecified atom stereocenters. The van der Waals surface area contributed by atoms with E-state index in [1.807, 2.05) is 6.07 Å². The van der Waals surface area contributed by atoms with Crippen molar-refractivity contribution in [2.45, 2.75) is 19.8 Å². The van der Waals surface area contributed by atoms with Gasteiger partial charge >= 0.3 is 0 Å². The first kappa shape index (κ1) is 16.5. The lowest BCUT2D eigenvalue weighted by atomic mass is 9.97. The molecule has 0 aromatic heterocycles. The van der Waals surface area contributed by atoms with E-state index in [0.717, 1.165) is 0 Å². The largest absolute Gasteiger partial charge is 0.326 e. The Morgan fingerprint density at radius 3 is 2.68 bits per heavy atom. The minimum atomic E-state index is -3.17. The maximum Gasteiger partial charge on any atom is 0.227 e. The van der Waals surface area contributed by atoms with E-state index < -0.39 is 10.0 Å². The highest BCUT2D eigenvalue weighted by molar-refractivity contribution is 7.89. The molecule has 22 heavy (non-hydrogen) atoms. The molecule has 1 amide bonds. The zero-order chi connectivity index (χ0) is 16.2. The lowest BCUT2D eigenvalue weighted by Crippen LogP contribution is -2.42. The van der Waals surface area contributed by atoms with Crippen molar-refractivity contribution < 1.29 is 13.2 Å². The van der Waals surface area contributed by atoms with E-state index in [1.54, 1.807) is 31.2 Å². The van der Waals surface area contributed by atoms with E-state index in [9.17, 15) is 13.2 Å². The fraction of sp³-hybridized carbons (Fsp3) is 0.467. The van der Waals surface area contributed by atoms with Gasteiger partial charge in [-0.2, -0.15) is 5.26 Å². The van der Waals surface area contributed by atoms with Crippen molar-refractivity contribution in [2.75, 3.05) is 24.2 Å². The van der Waals surface area contributed by atoms with E-state index in [-0.39, 0.29) is 17.6 Å². The van der Waals surface area contributed by atoms with E-state index in [2.05, 4.69) is 5.32 Å². The number of anilines is 1. The molecule has 1 aliphatic heterocycles. The quantitative estimate of drug-likeness (QED) is 0.911. The van der Waals surface area contributed by atoms with Gasteiger partial charge in [-0.05, 0) is 38.0 Å². The van der Waals surface area contributed by atoms with E-state index in [4.69, 9.17) is 5.26 Å². The van der Waals surface area contributed by atoms with Gasteiger partial charge in [0.25, 0.3) is 0 Å². The SMILES string of the molecule is CCS(=O)(=O)N1CCC(C(=O)Nc2cccc(C#N)c2)CC1. The van der Waals surface area contributed by atoms with Gasteiger partial charge < -0.3 is 5.32 Å². The van der Waals surface area contributed by atoms with Crippen LogP contribution in [0.2, 0.25) is 0 Å². The number of carbonyl (C=O) groups excluding carboxylic acids is 1. The topological polar surface area (TPSA) is 90.3 Å². The normalized spacial score (nSPS) is 16.9. The second-order valence-electron chi connectivity index (χ2n) is 5.26. The average molecular weight is 321 g/mol. The van der Waals surface area contributed by atoms with Crippen molar-refractivity contribution in [2.24, 2.45) is 5.92 Å². The monoisotopic (exact) mass is 321 g/mol. The number of amides is 1. The summed E-state index contributed by atoms with van der Waals surface area (Å²) in [6.45, 7) is 2.38. The van der Waals surface area contributed by atoms with E-state index >= 15 is 0 Å². The summed E-state index contributed by atoms with van der Waals surface area (Å²) in [6, 6.07) is 8.76. The molecule has 0 spiro atoms. The second kappa shape index (κ2) is 6.90. The first-order valence-electron chi connectivity index (χ1n) is 7.25. The van der Waals surface area contributed by atoms with Crippen molar-refractivity contribution in [3.8, 4) is 6.07 Å². The number of carbonyl (C=O) groups is 1. The van der Waals surface area contributed by atoms with Crippen molar-refractivity contribution in [1.29, 1.82) is 5.26 Å². The Hall–Kier alpha value is -1.91. The summed E-state index contributed by atoms with van der Waals surface area (Å²) >= 11 is 0. The standard InChI is InChI=1S/C15H19N3O3S/c1-2-22(20,21)18-8-6-13(7-9-18)15(19)17-14-5-3-4-12(10-14)11-16/h3-5,10,13H,2,6-9H2,1H3,(H,17,19). The molecule has 6 nitrogen and oxygen atoms in total. The fourth-order valence-electron chi connectivity index (χ4n) is 2.49. The highest BCUT2D eigenvalue weighted by atomic mass is 32.2. The average Bonchev–Trinajstić information content (AvgIpc) is 2.55. The zero-order valence-electron chi connectivity index (χ0n) is 12.4. The lowest BCUT2D eigenvalue weighted by Gasteiger charge is -2.30. The fourth-order valence-corrected chi connectivity index (χ4v) is 3.62. The smallest absolute Gasteiger partial charge is 0.227 e. The number of piperidine rings is 1. The molecule has 1 aliphatic rings. The Labute approximate surface area is 130 Å². The third kappa shape index (κ3) is 3.84. The lowest BCUT2D eigenvalue weighted by molar-refractivity contribution is -0.120. The van der Waals surface area contributed by atoms with E-state index in [0.29, 0.717) is 37.2 Å². The molecule has 1 fully saturated rings. The van der Waals surface area contributed by atoms with Gasteiger partial charge in [0.1, 0.15) is 0 Å². The minimum Gasteiger partial charge on any atom is -0.326 e. The maximum atomic E-state index is 12.2. The van der Waals surface area contributed by atoms with Crippen LogP contribution < -0.4 is 5.32 Å². The molecule has 0 atom stereocenters. The van der Waals surface area contributed by atoms with Crippen LogP contribution in [0.1, 0.15) is 25.3 Å². The van der Waals surface area contributed by atoms with Crippen LogP contribution in [0.25, 0.3) is 0 Å². The van der Waals surface area contributed by atoms with Gasteiger partial charge in [0.2, 0.25) is 15.9 Å². The number of nitrogens with one attached hydrogen (secondary N) is 1. The van der Waals surface area contributed by atoms with Crippen LogP contribution in [0.4, 0.5) is 5.69 Å². The number of rotatable bonds is 4. The summed E-state index contributed by atoms with van der Waals surface area (Å²) in [4.78, 5) is 12.2. The molecule has 0 radical (unpaired) electrons. The summed E-state index contributed by atoms with van der Waals surface area (Å²) in [5, 5.41) is 11.6. The Bertz CT molecular complexity index is 686. The number of sulfonamides is 1. The van der Waals surface area contributed by atoms with Crippen molar-refractivity contribution in [3.63, 3.8) is 0 Å².